The van der Waals surface area contributed by atoms with Crippen LogP contribution in [0.1, 0.15) is 57.8 Å². The van der Waals surface area contributed by atoms with E-state index in [0.29, 0.717) is 44.7 Å². The van der Waals surface area contributed by atoms with E-state index in [1.807, 2.05) is 16.8 Å². The Morgan fingerprint density at radius 2 is 1.67 bits per heavy atom. The predicted octanol–water partition coefficient (Wildman–Crippen LogP) is 3.42. The zero-order valence-corrected chi connectivity index (χ0v) is 22.5. The first-order valence-corrected chi connectivity index (χ1v) is 14.2. The first kappa shape index (κ1) is 29.2. The number of alkyl halides is 6. The number of hydrogen-bond donors (Lipinski definition) is 4. The van der Waals surface area contributed by atoms with Gasteiger partial charge in [0, 0.05) is 39.7 Å². The Kier molecular flexibility index (Phi) is 8.33. The van der Waals surface area contributed by atoms with Gasteiger partial charge in [0.15, 0.2) is 5.96 Å². The van der Waals surface area contributed by atoms with Gasteiger partial charge < -0.3 is 14.5 Å². The van der Waals surface area contributed by atoms with Gasteiger partial charge in [0.05, 0.1) is 18.1 Å². The van der Waals surface area contributed by atoms with Gasteiger partial charge in [-0.1, -0.05) is 12.8 Å². The van der Waals surface area contributed by atoms with Crippen molar-refractivity contribution in [2.75, 3.05) is 27.2 Å². The number of methoxy groups -OCH3 is 1. The molecule has 7 atom stereocenters. The maximum atomic E-state index is 13.8. The van der Waals surface area contributed by atoms with E-state index in [9.17, 15) is 26.3 Å². The number of halogens is 6. The highest BCUT2D eigenvalue weighted by Crippen LogP contribution is 2.43. The molecule has 7 unspecified atom stereocenters. The summed E-state index contributed by atoms with van der Waals surface area (Å²) in [6.45, 7) is 1.10. The molecule has 2 saturated carbocycles. The van der Waals surface area contributed by atoms with Crippen LogP contribution in [0.15, 0.2) is 0 Å². The van der Waals surface area contributed by atoms with Crippen molar-refractivity contribution in [3.8, 4) is 0 Å². The molecule has 39 heavy (non-hydrogen) atoms. The lowest BCUT2D eigenvalue weighted by molar-refractivity contribution is -0.201. The molecule has 3 aliphatic heterocycles. The molecule has 2 aliphatic carbocycles. The van der Waals surface area contributed by atoms with Gasteiger partial charge in [-0.15, -0.1) is 0 Å². The summed E-state index contributed by atoms with van der Waals surface area (Å²) in [5.74, 6) is -1.28. The molecule has 0 aromatic rings. The third-order valence-corrected chi connectivity index (χ3v) is 9.75. The van der Waals surface area contributed by atoms with Gasteiger partial charge >= 0.3 is 12.4 Å². The van der Waals surface area contributed by atoms with Gasteiger partial charge in [-0.25, -0.2) is 10.4 Å². The van der Waals surface area contributed by atoms with Crippen molar-refractivity contribution < 1.29 is 31.1 Å². The van der Waals surface area contributed by atoms with E-state index < -0.39 is 42.6 Å². The normalized spacial score (nSPS) is 40.8. The van der Waals surface area contributed by atoms with Crippen LogP contribution in [0.5, 0.6) is 0 Å². The minimum absolute atomic E-state index is 0.0615. The summed E-state index contributed by atoms with van der Waals surface area (Å²) in [5, 5.41) is 17.2. The van der Waals surface area contributed by atoms with Crippen molar-refractivity contribution >= 4 is 5.96 Å². The molecule has 4 N–H and O–H groups in total. The van der Waals surface area contributed by atoms with Crippen LogP contribution in [0.4, 0.5) is 26.3 Å². The van der Waals surface area contributed by atoms with E-state index in [1.54, 1.807) is 5.01 Å². The molecule has 5 rings (SSSR count). The van der Waals surface area contributed by atoms with Crippen molar-refractivity contribution in [2.24, 2.45) is 17.8 Å². The molecule has 5 aliphatic rings. The van der Waals surface area contributed by atoms with E-state index in [1.165, 1.54) is 7.11 Å². The van der Waals surface area contributed by atoms with Crippen LogP contribution in [0.3, 0.4) is 0 Å². The molecule has 0 radical (unpaired) electrons. The Bertz CT molecular complexity index is 867. The zero-order valence-electron chi connectivity index (χ0n) is 22.5. The van der Waals surface area contributed by atoms with Gasteiger partial charge in [-0.2, -0.15) is 26.3 Å². The quantitative estimate of drug-likeness (QED) is 0.378. The second-order valence-electron chi connectivity index (χ2n) is 12.0. The maximum absolute atomic E-state index is 13.8. The van der Waals surface area contributed by atoms with Crippen LogP contribution < -0.4 is 16.1 Å². The standard InChI is InChI=1S/C25H41F6N7O/c1-36-18-12-33-21(16-5-3-4-6-17(16)24(26,27)28)34-22(18)37(23(36)32)13-14-7-9-15(10-8-14)38-20(39-2)11-19(35-38)25(29,30)31/h14-22,32-35H,3-13H2,1-2H3. The highest BCUT2D eigenvalue weighted by Gasteiger charge is 2.53. The number of hydrogen-bond acceptors (Lipinski definition) is 6. The first-order chi connectivity index (χ1) is 18.4. The van der Waals surface area contributed by atoms with E-state index in [-0.39, 0.29) is 37.0 Å². The summed E-state index contributed by atoms with van der Waals surface area (Å²) in [4.78, 5) is 3.86. The largest absolute Gasteiger partial charge is 0.405 e. The van der Waals surface area contributed by atoms with Gasteiger partial charge in [0.2, 0.25) is 0 Å². The average molecular weight is 570 g/mol. The Morgan fingerprint density at radius 3 is 2.31 bits per heavy atom. The van der Waals surface area contributed by atoms with Crippen LogP contribution in [0.2, 0.25) is 0 Å². The number of ether oxygens (including phenoxy) is 1. The van der Waals surface area contributed by atoms with Crippen molar-refractivity contribution in [3.05, 3.63) is 0 Å². The molecule has 0 aromatic carbocycles. The molecule has 8 nitrogen and oxygen atoms in total. The van der Waals surface area contributed by atoms with Crippen LogP contribution in [0.25, 0.3) is 0 Å². The number of rotatable bonds is 5. The molecule has 3 saturated heterocycles. The summed E-state index contributed by atoms with van der Waals surface area (Å²) < 4.78 is 86.7. The number of likely N-dealkylation sites (N-methyl/N-ethyl adjacent to an activating group) is 1. The van der Waals surface area contributed by atoms with Crippen LogP contribution >= 0.6 is 0 Å². The smallest absolute Gasteiger partial charge is 0.365 e. The topological polar surface area (TPSA) is 78.9 Å². The van der Waals surface area contributed by atoms with E-state index in [4.69, 9.17) is 10.1 Å². The lowest BCUT2D eigenvalue weighted by atomic mass is 9.76. The monoisotopic (exact) mass is 569 g/mol. The summed E-state index contributed by atoms with van der Waals surface area (Å²) in [7, 11) is 3.28. The van der Waals surface area contributed by atoms with E-state index >= 15 is 0 Å². The second kappa shape index (κ2) is 11.1. The molecular weight excluding hydrogens is 528 g/mol. The molecule has 0 spiro atoms. The summed E-state index contributed by atoms with van der Waals surface area (Å²) in [5.41, 5.74) is 2.62. The lowest BCUT2D eigenvalue weighted by Crippen LogP contribution is -2.68. The minimum Gasteiger partial charge on any atom is -0.365 e. The Morgan fingerprint density at radius 1 is 0.974 bits per heavy atom. The predicted molar refractivity (Wildman–Crippen MR) is 132 cm³/mol. The van der Waals surface area contributed by atoms with Crippen LogP contribution in [-0.2, 0) is 4.74 Å². The molecule has 3 heterocycles. The fourth-order valence-corrected chi connectivity index (χ4v) is 7.56. The molecule has 0 amide bonds. The van der Waals surface area contributed by atoms with Gasteiger partial charge in [-0.05, 0) is 50.4 Å². The molecule has 0 aromatic heterocycles. The van der Waals surface area contributed by atoms with Crippen LogP contribution in [0, 0.1) is 23.2 Å². The Labute approximate surface area is 225 Å². The average Bonchev–Trinajstić information content (AvgIpc) is 3.44. The van der Waals surface area contributed by atoms with Crippen LogP contribution in [-0.4, -0.2) is 97.1 Å². The highest BCUT2D eigenvalue weighted by atomic mass is 19.4. The molecule has 5 fully saturated rings. The Balaban J connectivity index is 1.20. The number of nitrogens with one attached hydrogen (secondary N) is 4. The molecule has 224 valence electrons. The fourth-order valence-electron chi connectivity index (χ4n) is 7.56. The van der Waals surface area contributed by atoms with Crippen molar-refractivity contribution in [2.45, 2.75) is 107 Å². The number of hydrazine groups is 1. The van der Waals surface area contributed by atoms with E-state index in [0.717, 1.165) is 19.3 Å². The fraction of sp³-hybridized carbons (Fsp3) is 0.960. The Hall–Kier alpha value is -1.35. The number of guanidine groups is 1. The van der Waals surface area contributed by atoms with Crippen molar-refractivity contribution in [1.82, 2.24) is 30.9 Å². The number of fused-ring (bicyclic) bond motifs is 1. The summed E-state index contributed by atoms with van der Waals surface area (Å²) in [6, 6.07) is -1.75. The minimum atomic E-state index is -4.33. The molecule has 0 bridgehead atoms. The van der Waals surface area contributed by atoms with E-state index in [2.05, 4.69) is 16.1 Å². The highest BCUT2D eigenvalue weighted by molar-refractivity contribution is 5.80. The van der Waals surface area contributed by atoms with Gasteiger partial charge in [0.1, 0.15) is 18.4 Å². The SMILES string of the molecule is COC1CC(C(F)(F)F)NN1C1CCC(CN2C(=N)N(C)C3CNC(C4CCCCC4C(F)(F)F)NC32)CC1. The lowest BCUT2D eigenvalue weighted by Gasteiger charge is -2.45. The molecule has 14 heteroatoms. The van der Waals surface area contributed by atoms with Crippen molar-refractivity contribution in [1.29, 1.82) is 5.41 Å². The van der Waals surface area contributed by atoms with Gasteiger partial charge in [-0.3, -0.25) is 16.0 Å². The van der Waals surface area contributed by atoms with Gasteiger partial charge in [0.25, 0.3) is 0 Å². The number of nitrogens with zero attached hydrogens (tertiary/aromatic N) is 3. The first-order valence-electron chi connectivity index (χ1n) is 14.2. The van der Waals surface area contributed by atoms with Crippen molar-refractivity contribution in [3.63, 3.8) is 0 Å². The third kappa shape index (κ3) is 5.86. The molecular formula is C25H41F6N7O. The maximum Gasteiger partial charge on any atom is 0.405 e. The third-order valence-electron chi connectivity index (χ3n) is 9.75. The summed E-state index contributed by atoms with van der Waals surface area (Å²) in [6.07, 6.45) is -5.00. The second-order valence-corrected chi connectivity index (χ2v) is 12.0. The zero-order chi connectivity index (χ0) is 28.1. The summed E-state index contributed by atoms with van der Waals surface area (Å²) >= 11 is 0.